The first-order valence-electron chi connectivity index (χ1n) is 6.84. The van der Waals surface area contributed by atoms with Gasteiger partial charge in [0.2, 0.25) is 10.0 Å². The third-order valence-electron chi connectivity index (χ3n) is 3.08. The predicted octanol–water partition coefficient (Wildman–Crippen LogP) is 3.04. The van der Waals surface area contributed by atoms with E-state index in [1.54, 1.807) is 24.3 Å². The van der Waals surface area contributed by atoms with Crippen LogP contribution in [0.2, 0.25) is 0 Å². The number of aromatic nitrogens is 2. The van der Waals surface area contributed by atoms with Crippen LogP contribution in [-0.2, 0) is 10.0 Å². The number of Topliss-reactive ketones (excluding diaryl/α,β-unsaturated/α-hetero) is 1. The third-order valence-corrected chi connectivity index (χ3v) is 5.51. The quantitative estimate of drug-likeness (QED) is 0.402. The number of benzene rings is 1. The highest BCUT2D eigenvalue weighted by atomic mass is 32.2. The van der Waals surface area contributed by atoms with Gasteiger partial charge in [-0.1, -0.05) is 11.8 Å². The second kappa shape index (κ2) is 6.88. The highest BCUT2D eigenvalue weighted by Crippen LogP contribution is 2.28. The molecule has 2 heterocycles. The summed E-state index contributed by atoms with van der Waals surface area (Å²) in [7, 11) is -3.32. The van der Waals surface area contributed by atoms with Crippen LogP contribution in [0.1, 0.15) is 10.4 Å². The molecule has 24 heavy (non-hydrogen) atoms. The number of carbonyl (C=O) groups is 1. The normalized spacial score (nSPS) is 11.5. The van der Waals surface area contributed by atoms with Crippen molar-refractivity contribution in [1.82, 2.24) is 9.97 Å². The Kier molecular flexibility index (Phi) is 4.83. The second-order valence-corrected chi connectivity index (χ2v) is 8.59. The molecule has 124 valence electrons. The standard InChI is InChI=1S/C15H13N3O3S3/c1-24(20,21)18-11-4-2-10(3-5-11)13(19)8-23-15-12-6-7-22-14(12)16-9-17-15/h2-7,9,18H,8H2,1H3. The second-order valence-electron chi connectivity index (χ2n) is 4.98. The van der Waals surface area contributed by atoms with Crippen LogP contribution in [-0.4, -0.2) is 36.2 Å². The van der Waals surface area contributed by atoms with Crippen molar-refractivity contribution in [1.29, 1.82) is 0 Å². The molecule has 2 aromatic heterocycles. The average molecular weight is 379 g/mol. The zero-order chi connectivity index (χ0) is 17.2. The Morgan fingerprint density at radius 2 is 1.96 bits per heavy atom. The summed E-state index contributed by atoms with van der Waals surface area (Å²) in [6.07, 6.45) is 2.58. The summed E-state index contributed by atoms with van der Waals surface area (Å²) in [6, 6.07) is 8.30. The lowest BCUT2D eigenvalue weighted by molar-refractivity contribution is 0.102. The van der Waals surface area contributed by atoms with Gasteiger partial charge in [0.25, 0.3) is 0 Å². The molecule has 0 aliphatic heterocycles. The molecule has 0 amide bonds. The van der Waals surface area contributed by atoms with Crippen LogP contribution in [0.25, 0.3) is 10.2 Å². The topological polar surface area (TPSA) is 89.0 Å². The number of nitrogens with one attached hydrogen (secondary N) is 1. The molecule has 0 unspecified atom stereocenters. The monoisotopic (exact) mass is 379 g/mol. The number of hydrogen-bond donors (Lipinski definition) is 1. The van der Waals surface area contributed by atoms with Gasteiger partial charge in [0.1, 0.15) is 16.2 Å². The molecular formula is C15H13N3O3S3. The molecule has 0 bridgehead atoms. The van der Waals surface area contributed by atoms with Crippen molar-refractivity contribution < 1.29 is 13.2 Å². The van der Waals surface area contributed by atoms with Crippen LogP contribution in [0, 0.1) is 0 Å². The van der Waals surface area contributed by atoms with Crippen LogP contribution in [0.4, 0.5) is 5.69 Å². The van der Waals surface area contributed by atoms with Gasteiger partial charge in [-0.3, -0.25) is 9.52 Å². The fourth-order valence-corrected chi connectivity index (χ4v) is 4.28. The number of hydrogen-bond acceptors (Lipinski definition) is 7. The van der Waals surface area contributed by atoms with Crippen molar-refractivity contribution in [2.45, 2.75) is 5.03 Å². The molecule has 0 aliphatic rings. The van der Waals surface area contributed by atoms with Crippen molar-refractivity contribution >= 4 is 54.8 Å². The van der Waals surface area contributed by atoms with E-state index in [2.05, 4.69) is 14.7 Å². The van der Waals surface area contributed by atoms with E-state index < -0.39 is 10.0 Å². The summed E-state index contributed by atoms with van der Waals surface area (Å²) < 4.78 is 24.7. The van der Waals surface area contributed by atoms with Crippen LogP contribution < -0.4 is 4.72 Å². The Bertz CT molecular complexity index is 982. The largest absolute Gasteiger partial charge is 0.293 e. The molecular weight excluding hydrogens is 366 g/mol. The van der Waals surface area contributed by atoms with Crippen LogP contribution in [0.3, 0.4) is 0 Å². The summed E-state index contributed by atoms with van der Waals surface area (Å²) in [5, 5.41) is 3.68. The zero-order valence-electron chi connectivity index (χ0n) is 12.6. The van der Waals surface area contributed by atoms with Gasteiger partial charge in [-0.25, -0.2) is 18.4 Å². The number of anilines is 1. The maximum atomic E-state index is 12.3. The van der Waals surface area contributed by atoms with Crippen LogP contribution in [0.15, 0.2) is 47.1 Å². The molecule has 1 aromatic carbocycles. The summed E-state index contributed by atoms with van der Waals surface area (Å²) in [5.74, 6) is 0.203. The first kappa shape index (κ1) is 16.9. The minimum Gasteiger partial charge on any atom is -0.293 e. The summed E-state index contributed by atoms with van der Waals surface area (Å²) in [6.45, 7) is 0. The van der Waals surface area contributed by atoms with Crippen molar-refractivity contribution in [3.63, 3.8) is 0 Å². The van der Waals surface area contributed by atoms with Gasteiger partial charge in [0.05, 0.1) is 12.0 Å². The maximum absolute atomic E-state index is 12.3. The average Bonchev–Trinajstić information content (AvgIpc) is 3.01. The first-order valence-corrected chi connectivity index (χ1v) is 10.6. The molecule has 1 N–H and O–H groups in total. The molecule has 3 rings (SSSR count). The highest BCUT2D eigenvalue weighted by Gasteiger charge is 2.11. The number of ketones is 1. The van der Waals surface area contributed by atoms with Gasteiger partial charge < -0.3 is 0 Å². The van der Waals surface area contributed by atoms with Crippen molar-refractivity contribution in [2.75, 3.05) is 16.7 Å². The molecule has 9 heteroatoms. The number of fused-ring (bicyclic) bond motifs is 1. The number of thioether (sulfide) groups is 1. The van der Waals surface area contributed by atoms with Crippen molar-refractivity contribution in [2.24, 2.45) is 0 Å². The predicted molar refractivity (Wildman–Crippen MR) is 97.4 cm³/mol. The molecule has 6 nitrogen and oxygen atoms in total. The van der Waals surface area contributed by atoms with E-state index in [1.165, 1.54) is 29.4 Å². The number of nitrogens with zero attached hydrogens (tertiary/aromatic N) is 2. The highest BCUT2D eigenvalue weighted by molar-refractivity contribution is 8.00. The Hall–Kier alpha value is -1.97. The minimum atomic E-state index is -3.32. The van der Waals surface area contributed by atoms with Crippen molar-refractivity contribution in [3.8, 4) is 0 Å². The maximum Gasteiger partial charge on any atom is 0.229 e. The summed E-state index contributed by atoms with van der Waals surface area (Å²) >= 11 is 2.90. The van der Waals surface area contributed by atoms with E-state index in [1.807, 2.05) is 11.4 Å². The zero-order valence-corrected chi connectivity index (χ0v) is 15.0. The van der Waals surface area contributed by atoms with Crippen molar-refractivity contribution in [3.05, 3.63) is 47.6 Å². The minimum absolute atomic E-state index is 0.0482. The number of sulfonamides is 1. The van der Waals surface area contributed by atoms with E-state index in [0.717, 1.165) is 21.5 Å². The number of thiophene rings is 1. The lowest BCUT2D eigenvalue weighted by Gasteiger charge is -2.05. The van der Waals surface area contributed by atoms with Gasteiger partial charge >= 0.3 is 0 Å². The Morgan fingerprint density at radius 3 is 2.67 bits per heavy atom. The Balaban J connectivity index is 1.68. The van der Waals surface area contributed by atoms with Crippen LogP contribution in [0.5, 0.6) is 0 Å². The molecule has 0 saturated heterocycles. The Labute approximate surface area is 147 Å². The molecule has 0 radical (unpaired) electrons. The first-order chi connectivity index (χ1) is 11.4. The lowest BCUT2D eigenvalue weighted by Crippen LogP contribution is -2.10. The molecule has 0 fully saturated rings. The Morgan fingerprint density at radius 1 is 1.21 bits per heavy atom. The fourth-order valence-electron chi connectivity index (χ4n) is 2.04. The molecule has 0 atom stereocenters. The van der Waals surface area contributed by atoms with E-state index in [4.69, 9.17) is 0 Å². The summed E-state index contributed by atoms with van der Waals surface area (Å²) in [5.41, 5.74) is 0.953. The third kappa shape index (κ3) is 4.11. The van der Waals surface area contributed by atoms with Gasteiger partial charge in [0.15, 0.2) is 5.78 Å². The van der Waals surface area contributed by atoms with Gasteiger partial charge in [-0.2, -0.15) is 0 Å². The molecule has 0 aliphatic carbocycles. The van der Waals surface area contributed by atoms with E-state index in [9.17, 15) is 13.2 Å². The molecule has 0 spiro atoms. The SMILES string of the molecule is CS(=O)(=O)Nc1ccc(C(=O)CSc2ncnc3sccc23)cc1. The van der Waals surface area contributed by atoms with E-state index in [-0.39, 0.29) is 11.5 Å². The fraction of sp³-hybridized carbons (Fsp3) is 0.133. The van der Waals surface area contributed by atoms with Gasteiger partial charge in [0, 0.05) is 16.6 Å². The van der Waals surface area contributed by atoms with Crippen LogP contribution >= 0.6 is 23.1 Å². The van der Waals surface area contributed by atoms with E-state index in [0.29, 0.717) is 11.3 Å². The number of rotatable bonds is 6. The molecule has 3 aromatic rings. The van der Waals surface area contributed by atoms with E-state index >= 15 is 0 Å². The smallest absolute Gasteiger partial charge is 0.229 e. The summed E-state index contributed by atoms with van der Waals surface area (Å²) in [4.78, 5) is 21.6. The van der Waals surface area contributed by atoms with Gasteiger partial charge in [-0.15, -0.1) is 11.3 Å². The number of carbonyl (C=O) groups excluding carboxylic acids is 1. The lowest BCUT2D eigenvalue weighted by atomic mass is 10.1. The molecule has 0 saturated carbocycles. The van der Waals surface area contributed by atoms with Gasteiger partial charge in [-0.05, 0) is 35.7 Å².